The van der Waals surface area contributed by atoms with Gasteiger partial charge in [-0.1, -0.05) is 6.92 Å². The minimum absolute atomic E-state index is 0.0801. The molecule has 116 valence electrons. The first-order valence-corrected chi connectivity index (χ1v) is 6.46. The van der Waals surface area contributed by atoms with Crippen molar-refractivity contribution in [3.05, 3.63) is 17.0 Å². The number of carboxylic acids is 1. The Morgan fingerprint density at radius 1 is 1.43 bits per heavy atom. The summed E-state index contributed by atoms with van der Waals surface area (Å²) in [4.78, 5) is 19.8. The fraction of sp³-hybridized carbons (Fsp3) is 0.583. The van der Waals surface area contributed by atoms with Crippen molar-refractivity contribution in [2.45, 2.75) is 26.1 Å². The lowest BCUT2D eigenvalue weighted by Crippen LogP contribution is -2.33. The lowest BCUT2D eigenvalue weighted by Gasteiger charge is -2.28. The average molecular weight is 304 g/mol. The first-order chi connectivity index (χ1) is 9.81. The van der Waals surface area contributed by atoms with Gasteiger partial charge in [0.25, 0.3) is 0 Å². The van der Waals surface area contributed by atoms with Gasteiger partial charge in [-0.3, -0.25) is 9.69 Å². The summed E-state index contributed by atoms with van der Waals surface area (Å²) in [5.74, 6) is -1.49. The van der Waals surface area contributed by atoms with Crippen LogP contribution in [0.1, 0.15) is 23.9 Å². The van der Waals surface area contributed by atoms with Gasteiger partial charge in [0.1, 0.15) is 6.54 Å². The molecule has 2 heterocycles. The highest BCUT2D eigenvalue weighted by molar-refractivity contribution is 5.71. The van der Waals surface area contributed by atoms with E-state index in [1.807, 2.05) is 11.8 Å². The lowest BCUT2D eigenvalue weighted by atomic mass is 10.0. The van der Waals surface area contributed by atoms with Gasteiger partial charge in [-0.15, -0.1) is 0 Å². The smallest absolute Gasteiger partial charge is 0.433 e. The highest BCUT2D eigenvalue weighted by atomic mass is 19.4. The Bertz CT molecular complexity index is 548. The molecule has 1 aromatic rings. The van der Waals surface area contributed by atoms with E-state index in [0.717, 1.165) is 0 Å². The second-order valence-electron chi connectivity index (χ2n) is 4.68. The average Bonchev–Trinajstić information content (AvgIpc) is 2.42. The largest absolute Gasteiger partial charge is 0.480 e. The molecule has 2 N–H and O–H groups in total. The number of hydrogen-bond acceptors (Lipinski definition) is 5. The van der Waals surface area contributed by atoms with E-state index >= 15 is 0 Å². The van der Waals surface area contributed by atoms with E-state index in [9.17, 15) is 18.0 Å². The van der Waals surface area contributed by atoms with E-state index in [1.165, 1.54) is 0 Å². The Labute approximate surface area is 119 Å². The monoisotopic (exact) mass is 304 g/mol. The zero-order chi connectivity index (χ0) is 15.6. The van der Waals surface area contributed by atoms with Gasteiger partial charge in [0.2, 0.25) is 5.95 Å². The molecule has 0 radical (unpaired) electrons. The second-order valence-corrected chi connectivity index (χ2v) is 4.68. The van der Waals surface area contributed by atoms with Crippen molar-refractivity contribution in [2.75, 3.05) is 25.0 Å². The molecule has 0 amide bonds. The molecule has 9 heteroatoms. The number of nitrogens with zero attached hydrogens (tertiary/aromatic N) is 3. The topological polar surface area (TPSA) is 78.4 Å². The van der Waals surface area contributed by atoms with Gasteiger partial charge in [0, 0.05) is 25.1 Å². The standard InChI is InChI=1S/C12H15F3N4O2/c1-2-19-4-3-8-7(6-19)10(12(13,14)15)18-11(17-8)16-5-9(20)21/h2-6H2,1H3,(H,20,21)(H,16,17,18). The molecule has 2 rings (SSSR count). The molecule has 0 spiro atoms. The number of fused-ring (bicyclic) bond motifs is 1. The van der Waals surface area contributed by atoms with E-state index in [4.69, 9.17) is 5.11 Å². The molecular formula is C12H15F3N4O2. The zero-order valence-electron chi connectivity index (χ0n) is 11.4. The molecule has 0 fully saturated rings. The third-order valence-electron chi connectivity index (χ3n) is 3.25. The van der Waals surface area contributed by atoms with Gasteiger partial charge in [-0.05, 0) is 6.54 Å². The lowest BCUT2D eigenvalue weighted by molar-refractivity contribution is -0.142. The van der Waals surface area contributed by atoms with Gasteiger partial charge in [0.15, 0.2) is 5.69 Å². The zero-order valence-corrected chi connectivity index (χ0v) is 11.4. The Balaban J connectivity index is 2.39. The van der Waals surface area contributed by atoms with Gasteiger partial charge in [0.05, 0.1) is 5.69 Å². The highest BCUT2D eigenvalue weighted by Crippen LogP contribution is 2.34. The van der Waals surface area contributed by atoms with Crippen molar-refractivity contribution in [3.63, 3.8) is 0 Å². The molecule has 0 aliphatic carbocycles. The van der Waals surface area contributed by atoms with Crippen LogP contribution in [0.3, 0.4) is 0 Å². The third kappa shape index (κ3) is 3.60. The summed E-state index contributed by atoms with van der Waals surface area (Å²) in [6.45, 7) is 2.77. The van der Waals surface area contributed by atoms with Crippen LogP contribution < -0.4 is 5.32 Å². The molecular weight excluding hydrogens is 289 g/mol. The van der Waals surface area contributed by atoms with E-state index < -0.39 is 24.4 Å². The van der Waals surface area contributed by atoms with Crippen molar-refractivity contribution in [2.24, 2.45) is 0 Å². The molecule has 1 aromatic heterocycles. The molecule has 21 heavy (non-hydrogen) atoms. The number of aliphatic carboxylic acids is 1. The number of halogens is 3. The molecule has 0 atom stereocenters. The SMILES string of the molecule is CCN1CCc2nc(NCC(=O)O)nc(C(F)(F)F)c2C1. The van der Waals surface area contributed by atoms with Crippen LogP contribution in [0.25, 0.3) is 0 Å². The van der Waals surface area contributed by atoms with Crippen LogP contribution in [0.15, 0.2) is 0 Å². The molecule has 0 saturated carbocycles. The van der Waals surface area contributed by atoms with Crippen LogP contribution in [0.2, 0.25) is 0 Å². The summed E-state index contributed by atoms with van der Waals surface area (Å²) >= 11 is 0. The van der Waals surface area contributed by atoms with E-state index in [0.29, 0.717) is 25.2 Å². The van der Waals surface area contributed by atoms with Gasteiger partial charge < -0.3 is 10.4 Å². The van der Waals surface area contributed by atoms with Crippen molar-refractivity contribution in [3.8, 4) is 0 Å². The summed E-state index contributed by atoms with van der Waals surface area (Å²) < 4.78 is 39.4. The van der Waals surface area contributed by atoms with Crippen LogP contribution in [0.4, 0.5) is 19.1 Å². The number of carboxylic acid groups (broad SMARTS) is 1. The van der Waals surface area contributed by atoms with Gasteiger partial charge in [-0.25, -0.2) is 9.97 Å². The molecule has 6 nitrogen and oxygen atoms in total. The Kier molecular flexibility index (Phi) is 4.31. The van der Waals surface area contributed by atoms with Crippen molar-refractivity contribution in [1.29, 1.82) is 0 Å². The fourth-order valence-corrected chi connectivity index (χ4v) is 2.21. The normalized spacial score (nSPS) is 15.6. The number of alkyl halides is 3. The number of anilines is 1. The Morgan fingerprint density at radius 2 is 2.14 bits per heavy atom. The molecule has 0 aromatic carbocycles. The summed E-state index contributed by atoms with van der Waals surface area (Å²) in [7, 11) is 0. The third-order valence-corrected chi connectivity index (χ3v) is 3.25. The molecule has 1 aliphatic rings. The first kappa shape index (κ1) is 15.5. The maximum absolute atomic E-state index is 13.1. The maximum Gasteiger partial charge on any atom is 0.433 e. The summed E-state index contributed by atoms with van der Waals surface area (Å²) in [5, 5.41) is 10.9. The van der Waals surface area contributed by atoms with E-state index in [-0.39, 0.29) is 18.1 Å². The minimum Gasteiger partial charge on any atom is -0.480 e. The maximum atomic E-state index is 13.1. The van der Waals surface area contributed by atoms with E-state index in [2.05, 4.69) is 15.3 Å². The molecule has 0 bridgehead atoms. The minimum atomic E-state index is -4.59. The van der Waals surface area contributed by atoms with Crippen LogP contribution in [-0.2, 0) is 23.9 Å². The Hall–Kier alpha value is -1.90. The van der Waals surface area contributed by atoms with Crippen molar-refractivity contribution >= 4 is 11.9 Å². The summed E-state index contributed by atoms with van der Waals surface area (Å²) in [6, 6.07) is 0. The van der Waals surface area contributed by atoms with Crippen molar-refractivity contribution < 1.29 is 23.1 Å². The van der Waals surface area contributed by atoms with Gasteiger partial charge in [-0.2, -0.15) is 13.2 Å². The van der Waals surface area contributed by atoms with Crippen LogP contribution >= 0.6 is 0 Å². The molecule has 0 unspecified atom stereocenters. The number of rotatable bonds is 4. The van der Waals surface area contributed by atoms with Crippen LogP contribution in [0.5, 0.6) is 0 Å². The quantitative estimate of drug-likeness (QED) is 0.875. The number of nitrogens with one attached hydrogen (secondary N) is 1. The van der Waals surface area contributed by atoms with Crippen LogP contribution in [-0.4, -0.2) is 45.6 Å². The Morgan fingerprint density at radius 3 is 2.71 bits per heavy atom. The predicted molar refractivity (Wildman–Crippen MR) is 67.8 cm³/mol. The number of aromatic nitrogens is 2. The summed E-state index contributed by atoms with van der Waals surface area (Å²) in [5.41, 5.74) is -0.579. The predicted octanol–water partition coefficient (Wildman–Crippen LogP) is 1.37. The van der Waals surface area contributed by atoms with E-state index in [1.54, 1.807) is 0 Å². The number of hydrogen-bond donors (Lipinski definition) is 2. The van der Waals surface area contributed by atoms with Crippen LogP contribution in [0, 0.1) is 0 Å². The number of likely N-dealkylation sites (N-methyl/N-ethyl adjacent to an activating group) is 1. The van der Waals surface area contributed by atoms with Gasteiger partial charge >= 0.3 is 12.1 Å². The molecule has 1 aliphatic heterocycles. The molecule has 0 saturated heterocycles. The number of carbonyl (C=O) groups is 1. The highest BCUT2D eigenvalue weighted by Gasteiger charge is 2.38. The van der Waals surface area contributed by atoms with Crippen molar-refractivity contribution in [1.82, 2.24) is 14.9 Å². The fourth-order valence-electron chi connectivity index (χ4n) is 2.21. The second kappa shape index (κ2) is 5.84. The summed E-state index contributed by atoms with van der Waals surface area (Å²) in [6.07, 6.45) is -4.21. The first-order valence-electron chi connectivity index (χ1n) is 6.46.